The Labute approximate surface area is 99.5 Å². The first-order chi connectivity index (χ1) is 7.67. The third kappa shape index (κ3) is 3.86. The highest BCUT2D eigenvalue weighted by molar-refractivity contribution is 7.99. The Hall–Kier alpha value is -1.01. The first-order valence-corrected chi connectivity index (χ1v) is 6.11. The third-order valence-electron chi connectivity index (χ3n) is 2.02. The number of carbonyl (C=O) groups excluding carboxylic acids is 1. The van der Waals surface area contributed by atoms with Crippen LogP contribution in [0.5, 0.6) is 0 Å². The molecular weight excluding hydrogens is 226 g/mol. The van der Waals surface area contributed by atoms with Crippen LogP contribution in [-0.4, -0.2) is 41.2 Å². The number of rotatable bonds is 6. The van der Waals surface area contributed by atoms with Gasteiger partial charge in [0.05, 0.1) is 12.8 Å². The van der Waals surface area contributed by atoms with Gasteiger partial charge in [-0.25, -0.2) is 0 Å². The van der Waals surface area contributed by atoms with Crippen LogP contribution < -0.4 is 5.32 Å². The summed E-state index contributed by atoms with van der Waals surface area (Å²) in [7, 11) is 3.62. The highest BCUT2D eigenvalue weighted by Crippen LogP contribution is 2.17. The number of hydrogen-bond acceptors (Lipinski definition) is 5. The van der Waals surface area contributed by atoms with Crippen molar-refractivity contribution in [2.24, 2.45) is 7.05 Å². The number of hydrogen-bond donors (Lipinski definition) is 1. The maximum atomic E-state index is 11.5. The van der Waals surface area contributed by atoms with E-state index in [2.05, 4.69) is 10.4 Å². The minimum atomic E-state index is -0.273. The summed E-state index contributed by atoms with van der Waals surface area (Å²) in [5.41, 5.74) is 0. The van der Waals surface area contributed by atoms with Gasteiger partial charge in [0.1, 0.15) is 6.04 Å². The molecule has 16 heavy (non-hydrogen) atoms. The molecule has 0 radical (unpaired) electrons. The van der Waals surface area contributed by atoms with E-state index < -0.39 is 0 Å². The van der Waals surface area contributed by atoms with Gasteiger partial charge in [0.2, 0.25) is 0 Å². The molecule has 0 amide bonds. The van der Waals surface area contributed by atoms with Crippen molar-refractivity contribution in [2.45, 2.75) is 17.9 Å². The van der Waals surface area contributed by atoms with Crippen molar-refractivity contribution in [2.75, 3.05) is 19.4 Å². The first kappa shape index (κ1) is 13.1. The number of esters is 1. The Morgan fingerprint density at radius 1 is 1.75 bits per heavy atom. The fraction of sp³-hybridized carbons (Fsp3) is 0.600. The van der Waals surface area contributed by atoms with Gasteiger partial charge in [-0.3, -0.25) is 9.48 Å². The third-order valence-corrected chi connectivity index (χ3v) is 3.06. The van der Waals surface area contributed by atoms with Crippen LogP contribution in [-0.2, 0) is 16.6 Å². The lowest BCUT2D eigenvalue weighted by Crippen LogP contribution is -2.37. The molecule has 0 aliphatic rings. The molecule has 5 nitrogen and oxygen atoms in total. The molecule has 0 fully saturated rings. The zero-order valence-corrected chi connectivity index (χ0v) is 10.6. The summed E-state index contributed by atoms with van der Waals surface area (Å²) in [6, 6.07) is -0.273. The molecule has 0 spiro atoms. The number of carbonyl (C=O) groups is 1. The summed E-state index contributed by atoms with van der Waals surface area (Å²) in [4.78, 5) is 12.5. The number of ether oxygens (including phenoxy) is 1. The molecule has 1 aromatic rings. The Balaban J connectivity index is 2.42. The molecule has 6 heteroatoms. The number of nitrogens with one attached hydrogen (secondary N) is 1. The van der Waals surface area contributed by atoms with Crippen LogP contribution in [0.25, 0.3) is 0 Å². The lowest BCUT2D eigenvalue weighted by Gasteiger charge is -2.13. The Morgan fingerprint density at radius 3 is 3.00 bits per heavy atom. The van der Waals surface area contributed by atoms with Crippen molar-refractivity contribution in [1.29, 1.82) is 0 Å². The Bertz CT molecular complexity index is 341. The number of nitrogens with zero attached hydrogens (tertiary/aromatic N) is 2. The second-order valence-electron chi connectivity index (χ2n) is 3.25. The number of aromatic nitrogens is 2. The monoisotopic (exact) mass is 243 g/mol. The Kier molecular flexibility index (Phi) is 5.34. The first-order valence-electron chi connectivity index (χ1n) is 5.12. The smallest absolute Gasteiger partial charge is 0.323 e. The van der Waals surface area contributed by atoms with Crippen molar-refractivity contribution in [3.8, 4) is 0 Å². The van der Waals surface area contributed by atoms with Crippen LogP contribution in [0.3, 0.4) is 0 Å². The normalized spacial score (nSPS) is 12.4. The van der Waals surface area contributed by atoms with E-state index in [-0.39, 0.29) is 12.0 Å². The minimum absolute atomic E-state index is 0.207. The average Bonchev–Trinajstić information content (AvgIpc) is 2.65. The van der Waals surface area contributed by atoms with Gasteiger partial charge >= 0.3 is 5.97 Å². The van der Waals surface area contributed by atoms with Crippen molar-refractivity contribution < 1.29 is 9.53 Å². The van der Waals surface area contributed by atoms with Crippen molar-refractivity contribution in [3.63, 3.8) is 0 Å². The molecule has 90 valence electrons. The molecule has 1 unspecified atom stereocenters. The quantitative estimate of drug-likeness (QED) is 0.587. The van der Waals surface area contributed by atoms with E-state index in [0.29, 0.717) is 12.4 Å². The summed E-state index contributed by atoms with van der Waals surface area (Å²) >= 11 is 1.58. The number of likely N-dealkylation sites (N-methyl/N-ethyl adjacent to an activating group) is 1. The number of thioether (sulfide) groups is 1. The van der Waals surface area contributed by atoms with E-state index in [4.69, 9.17) is 4.74 Å². The van der Waals surface area contributed by atoms with Gasteiger partial charge in [-0.05, 0) is 14.0 Å². The van der Waals surface area contributed by atoms with Gasteiger partial charge in [0.25, 0.3) is 0 Å². The largest absolute Gasteiger partial charge is 0.465 e. The molecule has 0 saturated carbocycles. The molecule has 0 bridgehead atoms. The summed E-state index contributed by atoms with van der Waals surface area (Å²) in [5, 5.41) is 7.00. The molecule has 1 atom stereocenters. The zero-order chi connectivity index (χ0) is 12.0. The highest BCUT2D eigenvalue weighted by Gasteiger charge is 2.17. The minimum Gasteiger partial charge on any atom is -0.465 e. The molecule has 0 aromatic carbocycles. The SMILES string of the molecule is CCOC(=O)C(CSc1cnn(C)c1)NC. The fourth-order valence-corrected chi connectivity index (χ4v) is 2.18. The lowest BCUT2D eigenvalue weighted by atomic mass is 10.3. The predicted molar refractivity (Wildman–Crippen MR) is 63.4 cm³/mol. The maximum absolute atomic E-state index is 11.5. The average molecular weight is 243 g/mol. The van der Waals surface area contributed by atoms with Crippen LogP contribution in [0, 0.1) is 0 Å². The standard InChI is InChI=1S/C10H17N3O2S/c1-4-15-10(14)9(11-2)7-16-8-5-12-13(3)6-8/h5-6,9,11H,4,7H2,1-3H3. The molecule has 0 aliphatic heterocycles. The second-order valence-corrected chi connectivity index (χ2v) is 4.35. The van der Waals surface area contributed by atoms with E-state index in [9.17, 15) is 4.79 Å². The fourth-order valence-electron chi connectivity index (χ4n) is 1.16. The van der Waals surface area contributed by atoms with Crippen molar-refractivity contribution in [3.05, 3.63) is 12.4 Å². The van der Waals surface area contributed by atoms with E-state index in [0.717, 1.165) is 4.90 Å². The van der Waals surface area contributed by atoms with Crippen molar-refractivity contribution in [1.82, 2.24) is 15.1 Å². The molecule has 1 rings (SSSR count). The second kappa shape index (κ2) is 6.55. The van der Waals surface area contributed by atoms with Crippen LogP contribution in [0.2, 0.25) is 0 Å². The van der Waals surface area contributed by atoms with E-state index in [1.54, 1.807) is 36.6 Å². The molecular formula is C10H17N3O2S. The summed E-state index contributed by atoms with van der Waals surface area (Å²) in [6.07, 6.45) is 3.70. The van der Waals surface area contributed by atoms with Gasteiger partial charge in [-0.2, -0.15) is 5.10 Å². The summed E-state index contributed by atoms with van der Waals surface area (Å²) in [5.74, 6) is 0.433. The van der Waals surface area contributed by atoms with Gasteiger partial charge in [0, 0.05) is 23.9 Å². The van der Waals surface area contributed by atoms with Gasteiger partial charge < -0.3 is 10.1 Å². The van der Waals surface area contributed by atoms with Gasteiger partial charge in [0.15, 0.2) is 0 Å². The van der Waals surface area contributed by atoms with Gasteiger partial charge in [-0.1, -0.05) is 0 Å². The van der Waals surface area contributed by atoms with E-state index >= 15 is 0 Å². The van der Waals surface area contributed by atoms with Crippen LogP contribution in [0.15, 0.2) is 17.3 Å². The van der Waals surface area contributed by atoms with Gasteiger partial charge in [-0.15, -0.1) is 11.8 Å². The lowest BCUT2D eigenvalue weighted by molar-refractivity contribution is -0.144. The zero-order valence-electron chi connectivity index (χ0n) is 9.77. The summed E-state index contributed by atoms with van der Waals surface area (Å²) < 4.78 is 6.69. The molecule has 0 saturated heterocycles. The predicted octanol–water partition coefficient (Wildman–Crippen LogP) is 0.663. The van der Waals surface area contributed by atoms with Crippen LogP contribution in [0.4, 0.5) is 0 Å². The molecule has 1 N–H and O–H groups in total. The van der Waals surface area contributed by atoms with Crippen LogP contribution >= 0.6 is 11.8 Å². The van der Waals surface area contributed by atoms with E-state index in [1.165, 1.54) is 0 Å². The highest BCUT2D eigenvalue weighted by atomic mass is 32.2. The van der Waals surface area contributed by atoms with Crippen LogP contribution in [0.1, 0.15) is 6.92 Å². The molecule has 1 aromatic heterocycles. The molecule has 0 aliphatic carbocycles. The van der Waals surface area contributed by atoms with E-state index in [1.807, 2.05) is 13.2 Å². The topological polar surface area (TPSA) is 56.1 Å². The Morgan fingerprint density at radius 2 is 2.50 bits per heavy atom. The molecule has 1 heterocycles. The summed E-state index contributed by atoms with van der Waals surface area (Å²) in [6.45, 7) is 2.22. The maximum Gasteiger partial charge on any atom is 0.323 e. The number of aryl methyl sites for hydroxylation is 1. The van der Waals surface area contributed by atoms with Crippen molar-refractivity contribution >= 4 is 17.7 Å².